The van der Waals surface area contributed by atoms with Gasteiger partial charge in [-0.1, -0.05) is 0 Å². The lowest BCUT2D eigenvalue weighted by molar-refractivity contribution is 0.0274. The summed E-state index contributed by atoms with van der Waals surface area (Å²) in [5, 5.41) is 18.5. The van der Waals surface area contributed by atoms with Crippen LogP contribution in [0.25, 0.3) is 16.6 Å². The van der Waals surface area contributed by atoms with Crippen molar-refractivity contribution in [2.75, 3.05) is 33.3 Å². The number of amides is 1. The molecule has 0 aliphatic carbocycles. The molecule has 196 valence electrons. The van der Waals surface area contributed by atoms with Crippen LogP contribution in [-0.4, -0.2) is 80.2 Å². The van der Waals surface area contributed by atoms with Crippen molar-refractivity contribution in [2.45, 2.75) is 64.6 Å². The number of nitriles is 1. The second kappa shape index (κ2) is 9.71. The number of piperidine rings is 1. The fourth-order valence-electron chi connectivity index (χ4n) is 5.57. The Kier molecular flexibility index (Phi) is 6.58. The molecular weight excluding hydrogens is 470 g/mol. The third kappa shape index (κ3) is 4.88. The summed E-state index contributed by atoms with van der Waals surface area (Å²) in [5.41, 5.74) is 3.77. The molecule has 3 aromatic rings. The number of hydrogen-bond acceptors (Lipinski definition) is 7. The zero-order valence-corrected chi connectivity index (χ0v) is 22.3. The summed E-state index contributed by atoms with van der Waals surface area (Å²) < 4.78 is 15.0. The van der Waals surface area contributed by atoms with E-state index in [1.807, 2.05) is 44.1 Å². The van der Waals surface area contributed by atoms with Crippen LogP contribution in [0.2, 0.25) is 0 Å². The standard InChI is InChI=1S/C27H35N7O3/c1-18-23(19-12-24(36-5)25-20(13-28)14-29-33(25)16-19)15-30-34(18)21-6-9-31(10-7-21)22-8-11-32(17-22)26(35)37-27(2,3)4/h12,14-16,21-22H,6-11,17H2,1-5H3/t22-/m0/s1. The van der Waals surface area contributed by atoms with E-state index in [0.29, 0.717) is 28.9 Å². The molecule has 0 unspecified atom stereocenters. The van der Waals surface area contributed by atoms with Gasteiger partial charge in [-0.25, -0.2) is 9.31 Å². The quantitative estimate of drug-likeness (QED) is 0.528. The van der Waals surface area contributed by atoms with Crippen LogP contribution in [0.15, 0.2) is 24.7 Å². The number of hydrogen-bond donors (Lipinski definition) is 0. The first kappa shape index (κ1) is 25.1. The van der Waals surface area contributed by atoms with Crippen LogP contribution in [0.1, 0.15) is 57.3 Å². The molecule has 0 aromatic carbocycles. The molecule has 0 saturated carbocycles. The summed E-state index contributed by atoms with van der Waals surface area (Å²) in [6, 6.07) is 4.83. The number of carbonyl (C=O) groups is 1. The average molecular weight is 506 g/mol. The number of aromatic nitrogens is 4. The van der Waals surface area contributed by atoms with Gasteiger partial charge in [-0.3, -0.25) is 9.58 Å². The highest BCUT2D eigenvalue weighted by Gasteiger charge is 2.35. The Labute approximate surface area is 217 Å². The van der Waals surface area contributed by atoms with E-state index in [9.17, 15) is 10.1 Å². The van der Waals surface area contributed by atoms with Gasteiger partial charge in [0, 0.05) is 55.2 Å². The van der Waals surface area contributed by atoms with Crippen molar-refractivity contribution in [3.63, 3.8) is 0 Å². The molecule has 37 heavy (non-hydrogen) atoms. The van der Waals surface area contributed by atoms with Gasteiger partial charge in [0.1, 0.15) is 28.5 Å². The molecule has 3 aromatic heterocycles. The Bertz CT molecular complexity index is 1340. The molecule has 2 aliphatic heterocycles. The molecule has 5 heterocycles. The first-order valence-electron chi connectivity index (χ1n) is 12.9. The predicted molar refractivity (Wildman–Crippen MR) is 138 cm³/mol. The first-order valence-corrected chi connectivity index (χ1v) is 12.9. The molecule has 0 N–H and O–H groups in total. The van der Waals surface area contributed by atoms with Crippen LogP contribution >= 0.6 is 0 Å². The van der Waals surface area contributed by atoms with Gasteiger partial charge in [0.25, 0.3) is 0 Å². The predicted octanol–water partition coefficient (Wildman–Crippen LogP) is 4.03. The van der Waals surface area contributed by atoms with Gasteiger partial charge in [-0.15, -0.1) is 0 Å². The highest BCUT2D eigenvalue weighted by atomic mass is 16.6. The largest absolute Gasteiger partial charge is 0.494 e. The van der Waals surface area contributed by atoms with Crippen molar-refractivity contribution in [1.82, 2.24) is 29.2 Å². The number of pyridine rings is 1. The van der Waals surface area contributed by atoms with Gasteiger partial charge in [0.2, 0.25) is 0 Å². The second-order valence-corrected chi connectivity index (χ2v) is 11.0. The topological polar surface area (TPSA) is 101 Å². The summed E-state index contributed by atoms with van der Waals surface area (Å²) >= 11 is 0. The maximum atomic E-state index is 12.5. The zero-order chi connectivity index (χ0) is 26.3. The molecule has 2 saturated heterocycles. The van der Waals surface area contributed by atoms with Crippen LogP contribution in [0.5, 0.6) is 5.75 Å². The number of fused-ring (bicyclic) bond motifs is 1. The lowest BCUT2D eigenvalue weighted by Crippen LogP contribution is -2.44. The lowest BCUT2D eigenvalue weighted by atomic mass is 10.0. The van der Waals surface area contributed by atoms with E-state index >= 15 is 0 Å². The van der Waals surface area contributed by atoms with Crippen molar-refractivity contribution >= 4 is 11.6 Å². The summed E-state index contributed by atoms with van der Waals surface area (Å²) in [6.45, 7) is 11.3. The first-order chi connectivity index (χ1) is 17.7. The maximum Gasteiger partial charge on any atom is 0.410 e. The third-order valence-electron chi connectivity index (χ3n) is 7.45. The Morgan fingerprint density at radius 3 is 2.51 bits per heavy atom. The lowest BCUT2D eigenvalue weighted by Gasteiger charge is -2.36. The SMILES string of the molecule is COc1cc(-c2cnn(C3CCN([C@H]4CCN(C(=O)OC(C)(C)C)C4)CC3)c2C)cn2ncc(C#N)c12. The molecule has 0 spiro atoms. The van der Waals surface area contributed by atoms with Crippen LogP contribution < -0.4 is 4.74 Å². The fourth-order valence-corrected chi connectivity index (χ4v) is 5.57. The Morgan fingerprint density at radius 1 is 1.11 bits per heavy atom. The minimum Gasteiger partial charge on any atom is -0.494 e. The van der Waals surface area contributed by atoms with Crippen molar-refractivity contribution in [1.29, 1.82) is 5.26 Å². The molecule has 1 amide bonds. The van der Waals surface area contributed by atoms with Gasteiger partial charge in [0.05, 0.1) is 25.5 Å². The molecule has 1 atom stereocenters. The van der Waals surface area contributed by atoms with Crippen molar-refractivity contribution in [2.24, 2.45) is 0 Å². The maximum absolute atomic E-state index is 12.5. The number of likely N-dealkylation sites (tertiary alicyclic amines) is 2. The van der Waals surface area contributed by atoms with E-state index in [4.69, 9.17) is 14.6 Å². The van der Waals surface area contributed by atoms with Gasteiger partial charge < -0.3 is 14.4 Å². The Hall–Kier alpha value is -3.58. The van der Waals surface area contributed by atoms with Crippen molar-refractivity contribution in [3.8, 4) is 22.9 Å². The third-order valence-corrected chi connectivity index (χ3v) is 7.45. The Morgan fingerprint density at radius 2 is 1.84 bits per heavy atom. The normalized spacial score (nSPS) is 19.4. The van der Waals surface area contributed by atoms with Gasteiger partial charge in [0.15, 0.2) is 0 Å². The van der Waals surface area contributed by atoms with E-state index in [1.54, 1.807) is 17.8 Å². The number of ether oxygens (including phenoxy) is 2. The molecule has 10 nitrogen and oxygen atoms in total. The summed E-state index contributed by atoms with van der Waals surface area (Å²) in [6.07, 6.45) is 8.19. The Balaban J connectivity index is 1.25. The summed E-state index contributed by atoms with van der Waals surface area (Å²) in [7, 11) is 1.61. The van der Waals surface area contributed by atoms with Crippen molar-refractivity contribution in [3.05, 3.63) is 35.9 Å². The minimum atomic E-state index is -0.469. The minimum absolute atomic E-state index is 0.210. The van der Waals surface area contributed by atoms with Crippen LogP contribution in [-0.2, 0) is 4.74 Å². The smallest absolute Gasteiger partial charge is 0.410 e. The van der Waals surface area contributed by atoms with E-state index in [1.165, 1.54) is 0 Å². The van der Waals surface area contributed by atoms with Crippen LogP contribution in [0, 0.1) is 18.3 Å². The molecule has 10 heteroatoms. The van der Waals surface area contributed by atoms with Crippen molar-refractivity contribution < 1.29 is 14.3 Å². The fraction of sp³-hybridized carbons (Fsp3) is 0.556. The number of carbonyl (C=O) groups excluding carboxylic acids is 1. The van der Waals surface area contributed by atoms with Crippen LogP contribution in [0.3, 0.4) is 0 Å². The van der Waals surface area contributed by atoms with E-state index < -0.39 is 5.60 Å². The van der Waals surface area contributed by atoms with Gasteiger partial charge in [-0.2, -0.15) is 15.5 Å². The molecule has 0 bridgehead atoms. The zero-order valence-electron chi connectivity index (χ0n) is 22.3. The van der Waals surface area contributed by atoms with Crippen LogP contribution in [0.4, 0.5) is 4.79 Å². The number of nitrogens with zero attached hydrogens (tertiary/aromatic N) is 7. The van der Waals surface area contributed by atoms with Gasteiger partial charge in [-0.05, 0) is 53.0 Å². The number of rotatable bonds is 4. The molecule has 2 aliphatic rings. The number of methoxy groups -OCH3 is 1. The second-order valence-electron chi connectivity index (χ2n) is 11.0. The summed E-state index contributed by atoms with van der Waals surface area (Å²) in [4.78, 5) is 16.8. The molecule has 2 fully saturated rings. The average Bonchev–Trinajstić information content (AvgIpc) is 3.61. The van der Waals surface area contributed by atoms with E-state index in [0.717, 1.165) is 62.3 Å². The van der Waals surface area contributed by atoms with Gasteiger partial charge >= 0.3 is 6.09 Å². The van der Waals surface area contributed by atoms with E-state index in [-0.39, 0.29) is 6.09 Å². The molecular formula is C27H35N7O3. The highest BCUT2D eigenvalue weighted by Crippen LogP contribution is 2.34. The highest BCUT2D eigenvalue weighted by molar-refractivity contribution is 5.76. The van der Waals surface area contributed by atoms with E-state index in [2.05, 4.69) is 27.7 Å². The molecule has 0 radical (unpaired) electrons. The summed E-state index contributed by atoms with van der Waals surface area (Å²) in [5.74, 6) is 0.615. The monoisotopic (exact) mass is 505 g/mol. The molecule has 5 rings (SSSR count).